The molecule has 0 aliphatic heterocycles. The van der Waals surface area contributed by atoms with Crippen LogP contribution in [0.5, 0.6) is 0 Å². The second kappa shape index (κ2) is 5.64. The lowest BCUT2D eigenvalue weighted by Crippen LogP contribution is -2.46. The van der Waals surface area contributed by atoms with Crippen molar-refractivity contribution in [1.82, 2.24) is 10.6 Å². The minimum absolute atomic E-state index is 0.0191. The topological polar surface area (TPSA) is 54.3 Å². The summed E-state index contributed by atoms with van der Waals surface area (Å²) in [6.07, 6.45) is 10.3. The Morgan fingerprint density at radius 3 is 3.00 bits per heavy atom. The Morgan fingerprint density at radius 1 is 1.32 bits per heavy atom. The second-order valence-corrected chi connectivity index (χ2v) is 7.49. The minimum atomic E-state index is -0.0191. The van der Waals surface area contributed by atoms with Gasteiger partial charge in [-0.2, -0.15) is 0 Å². The van der Waals surface area contributed by atoms with Gasteiger partial charge in [0.15, 0.2) is 0 Å². The van der Waals surface area contributed by atoms with Gasteiger partial charge in [0.1, 0.15) is 5.76 Å². The van der Waals surface area contributed by atoms with Gasteiger partial charge in [-0.15, -0.1) is 0 Å². The lowest BCUT2D eigenvalue weighted by atomic mass is 9.84. The lowest BCUT2D eigenvalue weighted by Gasteiger charge is -2.30. The Bertz CT molecular complexity index is 553. The number of aryl methyl sites for hydroxylation is 1. The van der Waals surface area contributed by atoms with E-state index in [0.29, 0.717) is 5.92 Å². The minimum Gasteiger partial charge on any atom is -0.469 e. The predicted octanol–water partition coefficient (Wildman–Crippen LogP) is 3.78. The third kappa shape index (κ3) is 2.53. The fourth-order valence-corrected chi connectivity index (χ4v) is 5.06. The van der Waals surface area contributed by atoms with E-state index in [-0.39, 0.29) is 18.1 Å². The molecule has 0 radical (unpaired) electrons. The molecule has 1 aromatic heterocycles. The quantitative estimate of drug-likeness (QED) is 0.892. The SMILES string of the molecule is CC(NC(=O)NC1CCCc2occc21)C1CC2CCC1C2. The number of amides is 2. The van der Waals surface area contributed by atoms with E-state index in [1.54, 1.807) is 6.26 Å². The van der Waals surface area contributed by atoms with E-state index in [1.165, 1.54) is 25.7 Å². The zero-order valence-electron chi connectivity index (χ0n) is 13.3. The normalized spacial score (nSPS) is 34.2. The number of fused-ring (bicyclic) bond motifs is 3. The van der Waals surface area contributed by atoms with Crippen molar-refractivity contribution >= 4 is 6.03 Å². The molecule has 1 heterocycles. The number of urea groups is 1. The van der Waals surface area contributed by atoms with Gasteiger partial charge < -0.3 is 15.1 Å². The summed E-state index contributed by atoms with van der Waals surface area (Å²) < 4.78 is 5.49. The van der Waals surface area contributed by atoms with Crippen molar-refractivity contribution in [2.45, 2.75) is 64.0 Å². The van der Waals surface area contributed by atoms with Crippen molar-refractivity contribution < 1.29 is 9.21 Å². The molecular formula is C18H26N2O2. The highest BCUT2D eigenvalue weighted by molar-refractivity contribution is 5.74. The first-order valence-corrected chi connectivity index (χ1v) is 8.84. The van der Waals surface area contributed by atoms with Crippen molar-refractivity contribution in [1.29, 1.82) is 0 Å². The number of furan rings is 1. The van der Waals surface area contributed by atoms with Crippen LogP contribution in [0.25, 0.3) is 0 Å². The van der Waals surface area contributed by atoms with E-state index >= 15 is 0 Å². The van der Waals surface area contributed by atoms with Crippen LogP contribution in [0.2, 0.25) is 0 Å². The fourth-order valence-electron chi connectivity index (χ4n) is 5.06. The summed E-state index contributed by atoms with van der Waals surface area (Å²) in [4.78, 5) is 12.4. The molecular weight excluding hydrogens is 276 g/mol. The molecule has 3 aliphatic carbocycles. The summed E-state index contributed by atoms with van der Waals surface area (Å²) in [6, 6.07) is 2.37. The lowest BCUT2D eigenvalue weighted by molar-refractivity contribution is 0.215. The first-order chi connectivity index (χ1) is 10.7. The number of carbonyl (C=O) groups is 1. The third-order valence-corrected chi connectivity index (χ3v) is 6.15. The van der Waals surface area contributed by atoms with E-state index in [4.69, 9.17) is 4.42 Å². The number of hydrogen-bond acceptors (Lipinski definition) is 2. The van der Waals surface area contributed by atoms with Crippen molar-refractivity contribution in [2.24, 2.45) is 17.8 Å². The maximum Gasteiger partial charge on any atom is 0.315 e. The number of carbonyl (C=O) groups excluding carboxylic acids is 1. The highest BCUT2D eigenvalue weighted by Gasteiger charge is 2.42. The first kappa shape index (κ1) is 14.2. The summed E-state index contributed by atoms with van der Waals surface area (Å²) in [6.45, 7) is 2.18. The van der Waals surface area contributed by atoms with Crippen LogP contribution in [0.4, 0.5) is 4.79 Å². The van der Waals surface area contributed by atoms with Crippen molar-refractivity contribution in [3.63, 3.8) is 0 Å². The van der Waals surface area contributed by atoms with Crippen LogP contribution < -0.4 is 10.6 Å². The molecule has 1 aromatic rings. The Morgan fingerprint density at radius 2 is 2.23 bits per heavy atom. The fraction of sp³-hybridized carbons (Fsp3) is 0.722. The van der Waals surface area contributed by atoms with Crippen LogP contribution in [-0.4, -0.2) is 12.1 Å². The van der Waals surface area contributed by atoms with Crippen LogP contribution >= 0.6 is 0 Å². The second-order valence-electron chi connectivity index (χ2n) is 7.49. The van der Waals surface area contributed by atoms with Gasteiger partial charge in [-0.1, -0.05) is 6.42 Å². The standard InChI is InChI=1S/C18H26N2O2/c1-11(15-10-12-5-6-13(15)9-12)19-18(21)20-16-3-2-4-17-14(16)7-8-22-17/h7-8,11-13,15-16H,2-6,9-10H2,1H3,(H2,19,20,21). The molecule has 2 fully saturated rings. The van der Waals surface area contributed by atoms with Gasteiger partial charge in [0, 0.05) is 18.0 Å². The average molecular weight is 302 g/mol. The van der Waals surface area contributed by atoms with Crippen molar-refractivity contribution in [2.75, 3.05) is 0 Å². The molecule has 4 heteroatoms. The van der Waals surface area contributed by atoms with Gasteiger partial charge in [0.2, 0.25) is 0 Å². The highest BCUT2D eigenvalue weighted by Crippen LogP contribution is 2.49. The van der Waals surface area contributed by atoms with E-state index in [0.717, 1.165) is 42.4 Å². The Hall–Kier alpha value is -1.45. The zero-order chi connectivity index (χ0) is 15.1. The largest absolute Gasteiger partial charge is 0.469 e. The predicted molar refractivity (Wildman–Crippen MR) is 84.5 cm³/mol. The Kier molecular flexibility index (Phi) is 3.63. The molecule has 5 unspecified atom stereocenters. The van der Waals surface area contributed by atoms with Crippen molar-refractivity contribution in [3.8, 4) is 0 Å². The molecule has 0 spiro atoms. The molecule has 2 N–H and O–H groups in total. The molecule has 3 aliphatic rings. The van der Waals surface area contributed by atoms with E-state index < -0.39 is 0 Å². The number of nitrogens with one attached hydrogen (secondary N) is 2. The van der Waals surface area contributed by atoms with Crippen LogP contribution in [0.1, 0.15) is 62.8 Å². The van der Waals surface area contributed by atoms with Gasteiger partial charge in [-0.05, 0) is 62.8 Å². The molecule has 2 amide bonds. The van der Waals surface area contributed by atoms with Gasteiger partial charge >= 0.3 is 6.03 Å². The molecule has 5 atom stereocenters. The molecule has 2 saturated carbocycles. The summed E-state index contributed by atoms with van der Waals surface area (Å²) in [7, 11) is 0. The van der Waals surface area contributed by atoms with Gasteiger partial charge in [-0.3, -0.25) is 0 Å². The summed E-state index contributed by atoms with van der Waals surface area (Å²) in [5, 5.41) is 6.35. The van der Waals surface area contributed by atoms with E-state index in [1.807, 2.05) is 6.07 Å². The van der Waals surface area contributed by atoms with E-state index in [2.05, 4.69) is 17.6 Å². The Balaban J connectivity index is 1.34. The molecule has 0 aromatic carbocycles. The highest BCUT2D eigenvalue weighted by atomic mass is 16.3. The number of hydrogen-bond donors (Lipinski definition) is 2. The maximum atomic E-state index is 12.4. The van der Waals surface area contributed by atoms with Crippen LogP contribution in [-0.2, 0) is 6.42 Å². The molecule has 4 nitrogen and oxygen atoms in total. The monoisotopic (exact) mass is 302 g/mol. The van der Waals surface area contributed by atoms with Gasteiger partial charge in [0.05, 0.1) is 12.3 Å². The molecule has 120 valence electrons. The van der Waals surface area contributed by atoms with Crippen molar-refractivity contribution in [3.05, 3.63) is 23.7 Å². The summed E-state index contributed by atoms with van der Waals surface area (Å²) in [5.74, 6) is 3.49. The van der Waals surface area contributed by atoms with Crippen LogP contribution in [0.3, 0.4) is 0 Å². The Labute approximate surface area is 132 Å². The van der Waals surface area contributed by atoms with Gasteiger partial charge in [0.25, 0.3) is 0 Å². The molecule has 22 heavy (non-hydrogen) atoms. The first-order valence-electron chi connectivity index (χ1n) is 8.84. The van der Waals surface area contributed by atoms with Crippen LogP contribution in [0.15, 0.2) is 16.7 Å². The third-order valence-electron chi connectivity index (χ3n) is 6.15. The summed E-state index contributed by atoms with van der Waals surface area (Å²) in [5.41, 5.74) is 1.16. The summed E-state index contributed by atoms with van der Waals surface area (Å²) >= 11 is 0. The van der Waals surface area contributed by atoms with Gasteiger partial charge in [-0.25, -0.2) is 4.79 Å². The number of rotatable bonds is 3. The zero-order valence-corrected chi connectivity index (χ0v) is 13.3. The molecule has 2 bridgehead atoms. The maximum absolute atomic E-state index is 12.4. The van der Waals surface area contributed by atoms with E-state index in [9.17, 15) is 4.79 Å². The molecule has 0 saturated heterocycles. The average Bonchev–Trinajstić information content (AvgIpc) is 3.23. The molecule has 4 rings (SSSR count). The smallest absolute Gasteiger partial charge is 0.315 e. The van der Waals surface area contributed by atoms with Crippen LogP contribution in [0, 0.1) is 17.8 Å².